The first-order valence-electron chi connectivity index (χ1n) is 7.05. The number of carbonyl (C=O) groups excluding carboxylic acids is 1. The van der Waals surface area contributed by atoms with Crippen molar-refractivity contribution in [1.29, 1.82) is 0 Å². The molecule has 23 heavy (non-hydrogen) atoms. The third kappa shape index (κ3) is 3.66. The maximum atomic E-state index is 12.1. The van der Waals surface area contributed by atoms with Crippen molar-refractivity contribution in [2.24, 2.45) is 5.10 Å². The van der Waals surface area contributed by atoms with E-state index in [0.717, 1.165) is 11.1 Å². The Morgan fingerprint density at radius 2 is 1.87 bits per heavy atom. The third-order valence-corrected chi connectivity index (χ3v) is 3.51. The van der Waals surface area contributed by atoms with E-state index in [0.29, 0.717) is 11.3 Å². The van der Waals surface area contributed by atoms with Gasteiger partial charge in [0.15, 0.2) is 0 Å². The number of amides is 1. The van der Waals surface area contributed by atoms with Crippen molar-refractivity contribution < 1.29 is 14.3 Å². The van der Waals surface area contributed by atoms with Gasteiger partial charge in [-0.3, -0.25) is 4.79 Å². The zero-order chi connectivity index (χ0) is 17.1. The monoisotopic (exact) mass is 314 g/mol. The van der Waals surface area contributed by atoms with E-state index >= 15 is 0 Å². The molecule has 0 aliphatic rings. The summed E-state index contributed by atoms with van der Waals surface area (Å²) in [7, 11) is 0. The molecular formula is C17H18N2O4. The molecule has 1 aromatic carbocycles. The fourth-order valence-electron chi connectivity index (χ4n) is 2.07. The number of rotatable bonds is 3. The average molecular weight is 314 g/mol. The highest BCUT2D eigenvalue weighted by atomic mass is 16.4. The van der Waals surface area contributed by atoms with Gasteiger partial charge < -0.3 is 9.52 Å². The van der Waals surface area contributed by atoms with Crippen molar-refractivity contribution in [3.63, 3.8) is 0 Å². The summed E-state index contributed by atoms with van der Waals surface area (Å²) in [5.41, 5.74) is 4.30. The summed E-state index contributed by atoms with van der Waals surface area (Å²) in [4.78, 5) is 23.9. The second-order valence-corrected chi connectivity index (χ2v) is 5.34. The molecule has 2 N–H and O–H groups in total. The van der Waals surface area contributed by atoms with Crippen molar-refractivity contribution in [2.45, 2.75) is 27.7 Å². The van der Waals surface area contributed by atoms with E-state index in [4.69, 9.17) is 4.42 Å². The quantitative estimate of drug-likeness (QED) is 0.672. The molecule has 6 heteroatoms. The number of carbonyl (C=O) groups is 1. The van der Waals surface area contributed by atoms with Crippen molar-refractivity contribution in [1.82, 2.24) is 5.43 Å². The van der Waals surface area contributed by atoms with Gasteiger partial charge in [-0.05, 0) is 51.0 Å². The van der Waals surface area contributed by atoms with Gasteiger partial charge in [-0.25, -0.2) is 10.2 Å². The molecule has 1 aromatic heterocycles. The zero-order valence-electron chi connectivity index (χ0n) is 13.4. The Bertz CT molecular complexity index is 850. The molecule has 120 valence electrons. The molecule has 6 nitrogen and oxygen atoms in total. The van der Waals surface area contributed by atoms with Gasteiger partial charge in [-0.1, -0.05) is 6.07 Å². The molecular weight excluding hydrogens is 296 g/mol. The SMILES string of the molecule is C/C(=N\NC(=O)c1ccc(C)c(C)c1)c1c(O)cc(C)oc1=O. The van der Waals surface area contributed by atoms with Crippen LogP contribution in [0.1, 0.15) is 39.7 Å². The Hall–Kier alpha value is -2.89. The van der Waals surface area contributed by atoms with Gasteiger partial charge in [-0.2, -0.15) is 5.10 Å². The number of aryl methyl sites for hydroxylation is 3. The summed E-state index contributed by atoms with van der Waals surface area (Å²) in [6.07, 6.45) is 0. The molecule has 0 spiro atoms. The molecule has 0 bridgehead atoms. The number of hydrogen-bond donors (Lipinski definition) is 2. The standard InChI is InChI=1S/C17H18N2O4/c1-9-5-6-13(7-10(9)2)16(21)19-18-12(4)15-14(20)8-11(3)23-17(15)22/h5-8,20H,1-4H3,(H,19,21)/b18-12+. The molecule has 0 atom stereocenters. The highest BCUT2D eigenvalue weighted by Gasteiger charge is 2.14. The molecule has 0 aliphatic heterocycles. The second-order valence-electron chi connectivity index (χ2n) is 5.34. The Labute approximate surface area is 133 Å². The molecule has 1 amide bonds. The van der Waals surface area contributed by atoms with Gasteiger partial charge in [0.2, 0.25) is 0 Å². The fourth-order valence-corrected chi connectivity index (χ4v) is 2.07. The molecule has 0 saturated carbocycles. The first-order valence-corrected chi connectivity index (χ1v) is 7.05. The van der Waals surface area contributed by atoms with Crippen molar-refractivity contribution in [3.05, 3.63) is 62.7 Å². The summed E-state index contributed by atoms with van der Waals surface area (Å²) in [5.74, 6) is -0.341. The smallest absolute Gasteiger partial charge is 0.348 e. The molecule has 0 unspecified atom stereocenters. The lowest BCUT2D eigenvalue weighted by atomic mass is 10.1. The van der Waals surface area contributed by atoms with Gasteiger partial charge in [-0.15, -0.1) is 0 Å². The van der Waals surface area contributed by atoms with Gasteiger partial charge in [0.25, 0.3) is 5.91 Å². The van der Waals surface area contributed by atoms with E-state index in [1.54, 1.807) is 19.1 Å². The molecule has 2 aromatic rings. The lowest BCUT2D eigenvalue weighted by Gasteiger charge is -2.06. The summed E-state index contributed by atoms with van der Waals surface area (Å²) in [5, 5.41) is 13.7. The summed E-state index contributed by atoms with van der Waals surface area (Å²) < 4.78 is 4.92. The van der Waals surface area contributed by atoms with Gasteiger partial charge >= 0.3 is 5.63 Å². The molecule has 0 fully saturated rings. The van der Waals surface area contributed by atoms with Crippen LogP contribution in [0.4, 0.5) is 0 Å². The van der Waals surface area contributed by atoms with Crippen LogP contribution >= 0.6 is 0 Å². The number of nitrogens with one attached hydrogen (secondary N) is 1. The van der Waals surface area contributed by atoms with Crippen LogP contribution in [0.25, 0.3) is 0 Å². The minimum absolute atomic E-state index is 0.0732. The molecule has 0 aliphatic carbocycles. The average Bonchev–Trinajstić information content (AvgIpc) is 2.46. The minimum Gasteiger partial charge on any atom is -0.507 e. The highest BCUT2D eigenvalue weighted by molar-refractivity contribution is 6.02. The van der Waals surface area contributed by atoms with E-state index in [-0.39, 0.29) is 17.0 Å². The maximum absolute atomic E-state index is 12.1. The van der Waals surface area contributed by atoms with Gasteiger partial charge in [0, 0.05) is 11.6 Å². The Balaban J connectivity index is 2.24. The lowest BCUT2D eigenvalue weighted by molar-refractivity contribution is 0.0954. The number of benzene rings is 1. The normalized spacial score (nSPS) is 11.4. The van der Waals surface area contributed by atoms with Crippen LogP contribution in [0.5, 0.6) is 5.75 Å². The Morgan fingerprint density at radius 1 is 1.17 bits per heavy atom. The molecule has 2 rings (SSSR count). The summed E-state index contributed by atoms with van der Waals surface area (Å²) in [6, 6.07) is 6.62. The predicted octanol–water partition coefficient (Wildman–Crippen LogP) is 2.42. The highest BCUT2D eigenvalue weighted by Crippen LogP contribution is 2.15. The fraction of sp³-hybridized carbons (Fsp3) is 0.235. The molecule has 0 radical (unpaired) electrons. The number of hydrogen-bond acceptors (Lipinski definition) is 5. The van der Waals surface area contributed by atoms with E-state index in [1.165, 1.54) is 13.0 Å². The van der Waals surface area contributed by atoms with Crippen molar-refractivity contribution in [2.75, 3.05) is 0 Å². The van der Waals surface area contributed by atoms with E-state index in [2.05, 4.69) is 10.5 Å². The Kier molecular flexibility index (Phi) is 4.64. The molecule has 0 saturated heterocycles. The lowest BCUT2D eigenvalue weighted by Crippen LogP contribution is -2.21. The summed E-state index contributed by atoms with van der Waals surface area (Å²) in [6.45, 7) is 6.93. The Morgan fingerprint density at radius 3 is 2.48 bits per heavy atom. The third-order valence-electron chi connectivity index (χ3n) is 3.51. The van der Waals surface area contributed by atoms with Crippen molar-refractivity contribution in [3.8, 4) is 5.75 Å². The predicted molar refractivity (Wildman–Crippen MR) is 87.0 cm³/mol. The van der Waals surface area contributed by atoms with Crippen LogP contribution in [0, 0.1) is 20.8 Å². The number of nitrogens with zero attached hydrogens (tertiary/aromatic N) is 1. The summed E-state index contributed by atoms with van der Waals surface area (Å²) >= 11 is 0. The number of aromatic hydroxyl groups is 1. The molecule has 1 heterocycles. The first-order chi connectivity index (χ1) is 10.8. The minimum atomic E-state index is -0.704. The van der Waals surface area contributed by atoms with E-state index in [9.17, 15) is 14.7 Å². The van der Waals surface area contributed by atoms with Crippen LogP contribution in [0.3, 0.4) is 0 Å². The van der Waals surface area contributed by atoms with E-state index in [1.807, 2.05) is 19.9 Å². The van der Waals surface area contributed by atoms with E-state index < -0.39 is 11.5 Å². The van der Waals surface area contributed by atoms with Gasteiger partial charge in [0.05, 0.1) is 5.71 Å². The van der Waals surface area contributed by atoms with Crippen LogP contribution in [-0.4, -0.2) is 16.7 Å². The number of hydrazone groups is 1. The van der Waals surface area contributed by atoms with Crippen LogP contribution in [0.2, 0.25) is 0 Å². The maximum Gasteiger partial charge on any atom is 0.348 e. The zero-order valence-corrected chi connectivity index (χ0v) is 13.4. The second kappa shape index (κ2) is 6.48. The van der Waals surface area contributed by atoms with Crippen molar-refractivity contribution >= 4 is 11.6 Å². The van der Waals surface area contributed by atoms with Crippen LogP contribution < -0.4 is 11.1 Å². The van der Waals surface area contributed by atoms with Crippen LogP contribution in [0.15, 0.2) is 38.6 Å². The topological polar surface area (TPSA) is 91.9 Å². The van der Waals surface area contributed by atoms with Gasteiger partial charge in [0.1, 0.15) is 17.1 Å². The first kappa shape index (κ1) is 16.5. The van der Waals surface area contributed by atoms with Crippen LogP contribution in [-0.2, 0) is 0 Å². The largest absolute Gasteiger partial charge is 0.507 e.